The summed E-state index contributed by atoms with van der Waals surface area (Å²) in [6.45, 7) is 0.801. The van der Waals surface area contributed by atoms with Crippen molar-refractivity contribution >= 4 is 6.03 Å². The second-order valence-electron chi connectivity index (χ2n) is 7.90. The molecule has 1 fully saturated rings. The Balaban J connectivity index is 1.53. The van der Waals surface area contributed by atoms with Gasteiger partial charge < -0.3 is 15.0 Å². The van der Waals surface area contributed by atoms with Crippen LogP contribution < -0.4 is 10.1 Å². The van der Waals surface area contributed by atoms with Crippen molar-refractivity contribution in [1.29, 1.82) is 0 Å². The topological polar surface area (TPSA) is 59.4 Å². The number of likely N-dealkylation sites (tertiary alicyclic amines) is 1. The lowest BCUT2D eigenvalue weighted by atomic mass is 9.93. The molecule has 1 aromatic heterocycles. The number of methoxy groups -OCH3 is 1. The third-order valence-corrected chi connectivity index (χ3v) is 6.19. The zero-order chi connectivity index (χ0) is 19.5. The number of hydrogen-bond acceptors (Lipinski definition) is 3. The first-order valence-electron chi connectivity index (χ1n) is 10.4. The van der Waals surface area contributed by atoms with Crippen LogP contribution in [0.2, 0.25) is 0 Å². The molecule has 2 heterocycles. The molecule has 6 heteroatoms. The Morgan fingerprint density at radius 1 is 1.14 bits per heavy atom. The summed E-state index contributed by atoms with van der Waals surface area (Å²) in [5.74, 6) is 0.847. The first-order valence-corrected chi connectivity index (χ1v) is 10.4. The fourth-order valence-electron chi connectivity index (χ4n) is 4.61. The number of nitrogens with one attached hydrogen (secondary N) is 1. The van der Waals surface area contributed by atoms with Crippen LogP contribution in [0.1, 0.15) is 67.4 Å². The predicted molar refractivity (Wildman–Crippen MR) is 108 cm³/mol. The molecule has 0 radical (unpaired) electrons. The third kappa shape index (κ3) is 3.73. The second-order valence-corrected chi connectivity index (χ2v) is 7.90. The molecule has 4 rings (SSSR count). The van der Waals surface area contributed by atoms with Gasteiger partial charge in [0.25, 0.3) is 0 Å². The number of carbonyl (C=O) groups excluding carboxylic acids is 1. The predicted octanol–water partition coefficient (Wildman–Crippen LogP) is 4.13. The Morgan fingerprint density at radius 2 is 1.96 bits per heavy atom. The zero-order valence-corrected chi connectivity index (χ0v) is 16.9. The van der Waals surface area contributed by atoms with Crippen molar-refractivity contribution in [2.24, 2.45) is 7.05 Å². The van der Waals surface area contributed by atoms with Crippen molar-refractivity contribution in [3.05, 3.63) is 47.3 Å². The van der Waals surface area contributed by atoms with Crippen molar-refractivity contribution in [3.8, 4) is 5.75 Å². The quantitative estimate of drug-likeness (QED) is 0.868. The van der Waals surface area contributed by atoms with Gasteiger partial charge in [0.05, 0.1) is 25.4 Å². The molecule has 2 aromatic rings. The van der Waals surface area contributed by atoms with Crippen LogP contribution in [-0.2, 0) is 13.5 Å². The summed E-state index contributed by atoms with van der Waals surface area (Å²) in [5, 5.41) is 7.72. The minimum atomic E-state index is 0.0458. The molecule has 1 aliphatic heterocycles. The number of aromatic nitrogens is 2. The van der Waals surface area contributed by atoms with Gasteiger partial charge >= 0.3 is 6.03 Å². The summed E-state index contributed by atoms with van der Waals surface area (Å²) in [6.07, 6.45) is 9.40. The molecule has 6 nitrogen and oxygen atoms in total. The minimum absolute atomic E-state index is 0.0458. The maximum atomic E-state index is 13.3. The number of urea groups is 1. The highest BCUT2D eigenvalue weighted by molar-refractivity contribution is 5.75. The smallest absolute Gasteiger partial charge is 0.318 e. The second kappa shape index (κ2) is 8.25. The molecule has 0 bridgehead atoms. The van der Waals surface area contributed by atoms with Crippen LogP contribution in [0.3, 0.4) is 0 Å². The van der Waals surface area contributed by atoms with Crippen LogP contribution in [0, 0.1) is 0 Å². The van der Waals surface area contributed by atoms with E-state index in [1.165, 1.54) is 23.2 Å². The number of amides is 2. The fourth-order valence-corrected chi connectivity index (χ4v) is 4.61. The molecule has 1 aliphatic carbocycles. The lowest BCUT2D eigenvalue weighted by Gasteiger charge is -2.33. The standard InChI is InChI=1S/C22H30N4O2/c1-25-21-9-6-7-19(18(21)15-23-25)24-22(27)26-14-5-3-4-8-20(26)16-10-12-17(28-2)13-11-16/h10-13,15,19-20H,3-9,14H2,1-2H3,(H,24,27)/t19-,20+/m0/s1. The number of benzene rings is 1. The summed E-state index contributed by atoms with van der Waals surface area (Å²) in [5.41, 5.74) is 3.61. The van der Waals surface area contributed by atoms with Crippen molar-refractivity contribution in [2.75, 3.05) is 13.7 Å². The van der Waals surface area contributed by atoms with E-state index >= 15 is 0 Å². The molecule has 1 saturated heterocycles. The molecule has 2 amide bonds. The number of aryl methyl sites for hydroxylation is 1. The molecule has 150 valence electrons. The third-order valence-electron chi connectivity index (χ3n) is 6.19. The van der Waals surface area contributed by atoms with Gasteiger partial charge in [-0.05, 0) is 49.8 Å². The van der Waals surface area contributed by atoms with Crippen molar-refractivity contribution in [3.63, 3.8) is 0 Å². The average Bonchev–Trinajstić information content (AvgIpc) is 2.95. The number of ether oxygens (including phenoxy) is 1. The highest BCUT2D eigenvalue weighted by atomic mass is 16.5. The average molecular weight is 383 g/mol. The maximum Gasteiger partial charge on any atom is 0.318 e. The Kier molecular flexibility index (Phi) is 5.55. The number of fused-ring (bicyclic) bond motifs is 1. The molecule has 0 spiro atoms. The van der Waals surface area contributed by atoms with E-state index in [1.807, 2.05) is 35.0 Å². The van der Waals surface area contributed by atoms with Crippen LogP contribution in [0.25, 0.3) is 0 Å². The number of nitrogens with zero attached hydrogens (tertiary/aromatic N) is 3. The van der Waals surface area contributed by atoms with Gasteiger partial charge in [0.1, 0.15) is 5.75 Å². The normalized spacial score (nSPS) is 22.3. The highest BCUT2D eigenvalue weighted by Crippen LogP contribution is 2.33. The number of hydrogen-bond donors (Lipinski definition) is 1. The van der Waals surface area contributed by atoms with Crippen molar-refractivity contribution < 1.29 is 9.53 Å². The van der Waals surface area contributed by atoms with Crippen molar-refractivity contribution in [1.82, 2.24) is 20.0 Å². The van der Waals surface area contributed by atoms with Crippen LogP contribution in [0.4, 0.5) is 4.79 Å². The van der Waals surface area contributed by atoms with E-state index in [0.717, 1.165) is 50.8 Å². The van der Waals surface area contributed by atoms with Gasteiger partial charge in [0.15, 0.2) is 0 Å². The van der Waals surface area contributed by atoms with Crippen molar-refractivity contribution in [2.45, 2.75) is 57.0 Å². The Hall–Kier alpha value is -2.50. The molecule has 1 aromatic carbocycles. The maximum absolute atomic E-state index is 13.3. The van der Waals surface area contributed by atoms with Crippen LogP contribution in [0.15, 0.2) is 30.5 Å². The summed E-state index contributed by atoms with van der Waals surface area (Å²) >= 11 is 0. The summed E-state index contributed by atoms with van der Waals surface area (Å²) in [4.78, 5) is 15.3. The van der Waals surface area contributed by atoms with E-state index < -0.39 is 0 Å². The number of rotatable bonds is 3. The van der Waals surface area contributed by atoms with E-state index in [1.54, 1.807) is 7.11 Å². The van der Waals surface area contributed by atoms with E-state index in [9.17, 15) is 4.79 Å². The molecular weight excluding hydrogens is 352 g/mol. The Labute approximate surface area is 166 Å². The summed E-state index contributed by atoms with van der Waals surface area (Å²) in [7, 11) is 3.66. The summed E-state index contributed by atoms with van der Waals surface area (Å²) in [6, 6.07) is 8.38. The molecular formula is C22H30N4O2. The number of carbonyl (C=O) groups is 1. The van der Waals surface area contributed by atoms with Gasteiger partial charge in [-0.15, -0.1) is 0 Å². The first kappa shape index (κ1) is 18.8. The molecule has 1 N–H and O–H groups in total. The SMILES string of the molecule is COc1ccc([C@H]2CCCCCN2C(=O)N[C@H]2CCCc3c2cnn3C)cc1. The van der Waals surface area contributed by atoms with Gasteiger partial charge in [0.2, 0.25) is 0 Å². The lowest BCUT2D eigenvalue weighted by Crippen LogP contribution is -2.44. The van der Waals surface area contributed by atoms with Gasteiger partial charge in [-0.2, -0.15) is 5.10 Å². The largest absolute Gasteiger partial charge is 0.497 e. The molecule has 2 aliphatic rings. The summed E-state index contributed by atoms with van der Waals surface area (Å²) < 4.78 is 7.23. The van der Waals surface area contributed by atoms with E-state index in [4.69, 9.17) is 4.74 Å². The van der Waals surface area contributed by atoms with Gasteiger partial charge in [0, 0.05) is 24.8 Å². The Morgan fingerprint density at radius 3 is 2.75 bits per heavy atom. The van der Waals surface area contributed by atoms with Crippen LogP contribution in [0.5, 0.6) is 5.75 Å². The van der Waals surface area contributed by atoms with Crippen LogP contribution >= 0.6 is 0 Å². The first-order chi connectivity index (χ1) is 13.7. The molecule has 2 atom stereocenters. The van der Waals surface area contributed by atoms with Gasteiger partial charge in [-0.25, -0.2) is 4.79 Å². The Bertz CT molecular complexity index is 814. The van der Waals surface area contributed by atoms with Gasteiger partial charge in [-0.3, -0.25) is 4.68 Å². The van der Waals surface area contributed by atoms with E-state index in [-0.39, 0.29) is 18.1 Å². The van der Waals surface area contributed by atoms with Gasteiger partial charge in [-0.1, -0.05) is 25.0 Å². The lowest BCUT2D eigenvalue weighted by molar-refractivity contribution is 0.170. The molecule has 28 heavy (non-hydrogen) atoms. The molecule has 0 saturated carbocycles. The molecule has 0 unspecified atom stereocenters. The minimum Gasteiger partial charge on any atom is -0.497 e. The highest BCUT2D eigenvalue weighted by Gasteiger charge is 2.30. The monoisotopic (exact) mass is 382 g/mol. The fraction of sp³-hybridized carbons (Fsp3) is 0.545. The zero-order valence-electron chi connectivity index (χ0n) is 16.9. The van der Waals surface area contributed by atoms with Crippen LogP contribution in [-0.4, -0.2) is 34.4 Å². The van der Waals surface area contributed by atoms with E-state index in [0.29, 0.717) is 0 Å². The van der Waals surface area contributed by atoms with E-state index in [2.05, 4.69) is 22.5 Å².